The number of hydrogen-bond donors (Lipinski definition) is 1. The van der Waals surface area contributed by atoms with Crippen molar-refractivity contribution in [3.8, 4) is 11.3 Å². The first kappa shape index (κ1) is 16.4. The van der Waals surface area contributed by atoms with E-state index in [1.54, 1.807) is 11.3 Å². The van der Waals surface area contributed by atoms with E-state index in [2.05, 4.69) is 72.9 Å². The van der Waals surface area contributed by atoms with Gasteiger partial charge in [-0.05, 0) is 44.4 Å². The Morgan fingerprint density at radius 2 is 1.62 bits per heavy atom. The Bertz CT molecular complexity index is 853. The molecule has 122 valence electrons. The molecule has 1 N–H and O–H groups in total. The lowest BCUT2D eigenvalue weighted by molar-refractivity contribution is 1.26. The van der Waals surface area contributed by atoms with Crippen molar-refractivity contribution in [3.05, 3.63) is 69.6 Å². The van der Waals surface area contributed by atoms with Crippen LogP contribution in [-0.2, 0) is 0 Å². The molecule has 0 atom stereocenters. The molecule has 0 unspecified atom stereocenters. The number of aromatic nitrogens is 1. The highest BCUT2D eigenvalue weighted by atomic mass is 32.1. The third-order valence-corrected chi connectivity index (χ3v) is 4.64. The van der Waals surface area contributed by atoms with E-state index in [1.807, 2.05) is 18.3 Å². The van der Waals surface area contributed by atoms with E-state index in [0.29, 0.717) is 0 Å². The third-order valence-electron chi connectivity index (χ3n) is 3.89. The maximum Gasteiger partial charge on any atom is 0.203 e. The molecule has 0 aliphatic rings. The Balaban J connectivity index is 1.75. The van der Waals surface area contributed by atoms with Gasteiger partial charge in [-0.25, -0.2) is 4.98 Å². The van der Waals surface area contributed by atoms with Gasteiger partial charge in [0.1, 0.15) is 0 Å². The topological polar surface area (TPSA) is 37.3 Å². The van der Waals surface area contributed by atoms with Gasteiger partial charge in [0.15, 0.2) is 0 Å². The molecular formula is C20H21N3S. The molecule has 1 heterocycles. The Morgan fingerprint density at radius 3 is 2.29 bits per heavy atom. The maximum atomic E-state index is 4.67. The molecule has 0 aliphatic heterocycles. The van der Waals surface area contributed by atoms with Crippen LogP contribution in [0.5, 0.6) is 0 Å². The van der Waals surface area contributed by atoms with Gasteiger partial charge in [0.05, 0.1) is 11.9 Å². The predicted octanol–water partition coefficient (Wildman–Crippen LogP) is 5.49. The summed E-state index contributed by atoms with van der Waals surface area (Å²) >= 11 is 1.57. The van der Waals surface area contributed by atoms with E-state index in [0.717, 1.165) is 16.4 Å². The molecule has 0 saturated heterocycles. The summed E-state index contributed by atoms with van der Waals surface area (Å²) < 4.78 is 0. The summed E-state index contributed by atoms with van der Waals surface area (Å²) in [5, 5.41) is 7.16. The molecule has 0 amide bonds. The summed E-state index contributed by atoms with van der Waals surface area (Å²) in [6, 6.07) is 12.6. The molecule has 0 bridgehead atoms. The second-order valence-corrected chi connectivity index (χ2v) is 6.95. The molecule has 3 rings (SSSR count). The molecule has 1 aromatic heterocycles. The van der Waals surface area contributed by atoms with Gasteiger partial charge in [0.2, 0.25) is 5.13 Å². The lowest BCUT2D eigenvalue weighted by Gasteiger charge is -2.08. The molecule has 24 heavy (non-hydrogen) atoms. The van der Waals surface area contributed by atoms with Gasteiger partial charge in [-0.2, -0.15) is 5.10 Å². The summed E-state index contributed by atoms with van der Waals surface area (Å²) in [4.78, 5) is 4.67. The number of nitrogens with zero attached hydrogens (tertiary/aromatic N) is 2. The maximum absolute atomic E-state index is 4.67. The number of rotatable bonds is 4. The SMILES string of the molecule is Cc1ccc(/C=N\Nc2nc(-c3c(C)cc(C)cc3C)cs2)cc1. The number of nitrogens with one attached hydrogen (secondary N) is 1. The van der Waals surface area contributed by atoms with Crippen molar-refractivity contribution in [2.45, 2.75) is 27.7 Å². The van der Waals surface area contributed by atoms with Crippen LogP contribution in [-0.4, -0.2) is 11.2 Å². The number of anilines is 1. The minimum absolute atomic E-state index is 0.799. The van der Waals surface area contributed by atoms with Gasteiger partial charge < -0.3 is 0 Å². The fourth-order valence-electron chi connectivity index (χ4n) is 2.84. The molecule has 0 fully saturated rings. The highest BCUT2D eigenvalue weighted by molar-refractivity contribution is 7.14. The molecule has 0 aliphatic carbocycles. The number of aryl methyl sites for hydroxylation is 4. The Labute approximate surface area is 147 Å². The predicted molar refractivity (Wildman–Crippen MR) is 104 cm³/mol. The average molecular weight is 335 g/mol. The molecule has 0 saturated carbocycles. The number of thiazole rings is 1. The van der Waals surface area contributed by atoms with Crippen LogP contribution in [0.15, 0.2) is 46.9 Å². The third kappa shape index (κ3) is 3.71. The molecule has 2 aromatic carbocycles. The van der Waals surface area contributed by atoms with Gasteiger partial charge in [0, 0.05) is 10.9 Å². The van der Waals surface area contributed by atoms with E-state index in [1.165, 1.54) is 27.8 Å². The van der Waals surface area contributed by atoms with E-state index in [-0.39, 0.29) is 0 Å². The monoisotopic (exact) mass is 335 g/mol. The zero-order valence-electron chi connectivity index (χ0n) is 14.4. The van der Waals surface area contributed by atoms with E-state index in [9.17, 15) is 0 Å². The summed E-state index contributed by atoms with van der Waals surface area (Å²) in [5.74, 6) is 0. The van der Waals surface area contributed by atoms with Crippen LogP contribution in [0.25, 0.3) is 11.3 Å². The van der Waals surface area contributed by atoms with E-state index < -0.39 is 0 Å². The summed E-state index contributed by atoms with van der Waals surface area (Å²) in [6.07, 6.45) is 1.81. The second kappa shape index (κ2) is 6.97. The van der Waals surface area contributed by atoms with Crippen molar-refractivity contribution in [3.63, 3.8) is 0 Å². The van der Waals surface area contributed by atoms with Crippen LogP contribution < -0.4 is 5.43 Å². The van der Waals surface area contributed by atoms with Gasteiger partial charge in [-0.3, -0.25) is 5.43 Å². The van der Waals surface area contributed by atoms with Crippen molar-refractivity contribution in [2.75, 3.05) is 5.43 Å². The smallest absolute Gasteiger partial charge is 0.203 e. The Hall–Kier alpha value is -2.46. The van der Waals surface area contributed by atoms with E-state index >= 15 is 0 Å². The normalized spacial score (nSPS) is 11.2. The molecule has 0 radical (unpaired) electrons. The highest BCUT2D eigenvalue weighted by Crippen LogP contribution is 2.30. The Kier molecular flexibility index (Phi) is 4.76. The van der Waals surface area contributed by atoms with Crippen molar-refractivity contribution in [1.82, 2.24) is 4.98 Å². The fraction of sp³-hybridized carbons (Fsp3) is 0.200. The first-order valence-electron chi connectivity index (χ1n) is 7.92. The summed E-state index contributed by atoms with van der Waals surface area (Å²) in [7, 11) is 0. The van der Waals surface area contributed by atoms with Gasteiger partial charge >= 0.3 is 0 Å². The largest absolute Gasteiger partial charge is 0.253 e. The van der Waals surface area contributed by atoms with Gasteiger partial charge in [-0.15, -0.1) is 11.3 Å². The second-order valence-electron chi connectivity index (χ2n) is 6.09. The molecular weight excluding hydrogens is 314 g/mol. The first-order chi connectivity index (χ1) is 11.5. The lowest BCUT2D eigenvalue weighted by atomic mass is 9.98. The standard InChI is InChI=1S/C20H21N3S/c1-13-5-7-17(8-6-13)11-21-23-20-22-18(12-24-20)19-15(3)9-14(2)10-16(19)4/h5-12H,1-4H3,(H,22,23)/b21-11-. The number of benzene rings is 2. The quantitative estimate of drug-likeness (QED) is 0.505. The zero-order chi connectivity index (χ0) is 17.1. The minimum atomic E-state index is 0.799. The highest BCUT2D eigenvalue weighted by Gasteiger charge is 2.10. The summed E-state index contributed by atoms with van der Waals surface area (Å²) in [6.45, 7) is 8.47. The van der Waals surface area contributed by atoms with Crippen LogP contribution in [0.4, 0.5) is 5.13 Å². The van der Waals surface area contributed by atoms with Crippen LogP contribution in [0.2, 0.25) is 0 Å². The number of hydrazone groups is 1. The van der Waals surface area contributed by atoms with Crippen LogP contribution >= 0.6 is 11.3 Å². The van der Waals surface area contributed by atoms with Crippen molar-refractivity contribution < 1.29 is 0 Å². The minimum Gasteiger partial charge on any atom is -0.253 e. The van der Waals surface area contributed by atoms with Gasteiger partial charge in [0.25, 0.3) is 0 Å². The van der Waals surface area contributed by atoms with E-state index in [4.69, 9.17) is 0 Å². The van der Waals surface area contributed by atoms with Crippen molar-refractivity contribution in [2.24, 2.45) is 5.10 Å². The molecule has 3 nitrogen and oxygen atoms in total. The summed E-state index contributed by atoms with van der Waals surface area (Å²) in [5.41, 5.74) is 11.3. The van der Waals surface area contributed by atoms with Gasteiger partial charge in [-0.1, -0.05) is 47.5 Å². The first-order valence-corrected chi connectivity index (χ1v) is 8.80. The molecule has 4 heteroatoms. The molecule has 3 aromatic rings. The zero-order valence-corrected chi connectivity index (χ0v) is 15.2. The van der Waals surface area contributed by atoms with Crippen molar-refractivity contribution in [1.29, 1.82) is 0 Å². The fourth-order valence-corrected chi connectivity index (χ4v) is 3.49. The Morgan fingerprint density at radius 1 is 0.958 bits per heavy atom. The molecule has 0 spiro atoms. The van der Waals surface area contributed by atoms with Crippen LogP contribution in [0.3, 0.4) is 0 Å². The van der Waals surface area contributed by atoms with Crippen LogP contribution in [0, 0.1) is 27.7 Å². The van der Waals surface area contributed by atoms with Crippen molar-refractivity contribution >= 4 is 22.7 Å². The van der Waals surface area contributed by atoms with Crippen LogP contribution in [0.1, 0.15) is 27.8 Å². The lowest BCUT2D eigenvalue weighted by Crippen LogP contribution is -1.92. The number of hydrogen-bond acceptors (Lipinski definition) is 4. The average Bonchev–Trinajstić information content (AvgIpc) is 2.97.